The van der Waals surface area contributed by atoms with Crippen LogP contribution in [0.25, 0.3) is 10.8 Å². The molecule has 2 N–H and O–H groups in total. The van der Waals surface area contributed by atoms with E-state index < -0.39 is 11.7 Å². The number of pyridine rings is 1. The van der Waals surface area contributed by atoms with Crippen LogP contribution in [0.1, 0.15) is 46.5 Å². The number of alkyl carbamates (subject to hydrolysis) is 1. The molecule has 1 saturated carbocycles. The molecule has 1 heterocycles. The third-order valence-electron chi connectivity index (χ3n) is 4.75. The number of fused-ring (bicyclic) bond motifs is 1. The third-order valence-corrected chi connectivity index (χ3v) is 5.25. The van der Waals surface area contributed by atoms with Crippen LogP contribution in [0.3, 0.4) is 0 Å². The maximum absolute atomic E-state index is 12.6. The molecular formula is C21H26BrN3O3. The second kappa shape index (κ2) is 8.47. The zero-order chi connectivity index (χ0) is 20.3. The highest BCUT2D eigenvalue weighted by Gasteiger charge is 2.28. The molecule has 28 heavy (non-hydrogen) atoms. The minimum absolute atomic E-state index is 0.0161. The number of aromatic nitrogens is 1. The van der Waals surface area contributed by atoms with E-state index in [1.807, 2.05) is 45.0 Å². The molecule has 3 rings (SSSR count). The number of benzene rings is 1. The first-order valence-corrected chi connectivity index (χ1v) is 10.3. The topological polar surface area (TPSA) is 80.3 Å². The fraction of sp³-hybridized carbons (Fsp3) is 0.476. The standard InChI is InChI=1S/C21H26BrN3O3/c1-21(2,3)28-20(27)24-17-8-5-13(6-9-17)19(26)25-18-11-15-10-16(22)7-4-14(15)12-23-18/h4,7,10-13,17H,5-6,8-9H2,1-3H3,(H,24,27)(H,23,25,26). The largest absolute Gasteiger partial charge is 0.444 e. The van der Waals surface area contributed by atoms with E-state index in [0.717, 1.165) is 40.9 Å². The summed E-state index contributed by atoms with van der Waals surface area (Å²) in [7, 11) is 0. The van der Waals surface area contributed by atoms with Gasteiger partial charge in [0.2, 0.25) is 5.91 Å². The number of nitrogens with zero attached hydrogens (tertiary/aromatic N) is 1. The molecule has 1 aromatic heterocycles. The number of carbonyl (C=O) groups excluding carboxylic acids is 2. The molecule has 0 aliphatic heterocycles. The maximum atomic E-state index is 12.6. The van der Waals surface area contributed by atoms with Crippen LogP contribution < -0.4 is 10.6 Å². The first-order valence-electron chi connectivity index (χ1n) is 9.55. The van der Waals surface area contributed by atoms with Gasteiger partial charge in [-0.15, -0.1) is 0 Å². The van der Waals surface area contributed by atoms with Crippen molar-refractivity contribution in [2.45, 2.75) is 58.1 Å². The van der Waals surface area contributed by atoms with Gasteiger partial charge in [-0.25, -0.2) is 9.78 Å². The average molecular weight is 448 g/mol. The summed E-state index contributed by atoms with van der Waals surface area (Å²) in [6.45, 7) is 5.52. The van der Waals surface area contributed by atoms with Crippen LogP contribution in [0.4, 0.5) is 10.6 Å². The molecular weight excluding hydrogens is 422 g/mol. The van der Waals surface area contributed by atoms with E-state index in [0.29, 0.717) is 5.82 Å². The van der Waals surface area contributed by atoms with Gasteiger partial charge in [-0.1, -0.05) is 22.0 Å². The zero-order valence-corrected chi connectivity index (χ0v) is 18.0. The summed E-state index contributed by atoms with van der Waals surface area (Å²) in [6, 6.07) is 7.88. The molecule has 1 aromatic carbocycles. The second-order valence-corrected chi connectivity index (χ2v) is 9.16. The van der Waals surface area contributed by atoms with Crippen LogP contribution in [0.15, 0.2) is 34.9 Å². The molecule has 2 amide bonds. The summed E-state index contributed by atoms with van der Waals surface area (Å²) in [5.74, 6) is 0.471. The van der Waals surface area contributed by atoms with E-state index in [2.05, 4.69) is 31.5 Å². The van der Waals surface area contributed by atoms with Crippen molar-refractivity contribution in [2.24, 2.45) is 5.92 Å². The number of hydrogen-bond donors (Lipinski definition) is 2. The smallest absolute Gasteiger partial charge is 0.407 e. The molecule has 150 valence electrons. The van der Waals surface area contributed by atoms with Crippen molar-refractivity contribution in [2.75, 3.05) is 5.32 Å². The molecule has 7 heteroatoms. The monoisotopic (exact) mass is 447 g/mol. The molecule has 0 bridgehead atoms. The Morgan fingerprint density at radius 1 is 1.11 bits per heavy atom. The van der Waals surface area contributed by atoms with Gasteiger partial charge < -0.3 is 15.4 Å². The van der Waals surface area contributed by atoms with Crippen LogP contribution in [0.5, 0.6) is 0 Å². The summed E-state index contributed by atoms with van der Waals surface area (Å²) in [5, 5.41) is 7.87. The minimum atomic E-state index is -0.510. The van der Waals surface area contributed by atoms with Crippen LogP contribution in [0.2, 0.25) is 0 Å². The van der Waals surface area contributed by atoms with Crippen molar-refractivity contribution in [1.82, 2.24) is 10.3 Å². The van der Waals surface area contributed by atoms with Crippen molar-refractivity contribution in [3.05, 3.63) is 34.9 Å². The maximum Gasteiger partial charge on any atom is 0.407 e. The molecule has 0 spiro atoms. The number of hydrogen-bond acceptors (Lipinski definition) is 4. The SMILES string of the molecule is CC(C)(C)OC(=O)NC1CCC(C(=O)Nc2cc3cc(Br)ccc3cn2)CC1. The number of ether oxygens (including phenoxy) is 1. The van der Waals surface area contributed by atoms with Crippen molar-refractivity contribution in [3.8, 4) is 0 Å². The summed E-state index contributed by atoms with van der Waals surface area (Å²) < 4.78 is 6.28. The summed E-state index contributed by atoms with van der Waals surface area (Å²) in [5.41, 5.74) is -0.510. The molecule has 0 unspecified atom stereocenters. The Hall–Kier alpha value is -2.15. The summed E-state index contributed by atoms with van der Waals surface area (Å²) in [6.07, 6.45) is 4.34. The number of anilines is 1. The van der Waals surface area contributed by atoms with Crippen molar-refractivity contribution in [3.63, 3.8) is 0 Å². The highest BCUT2D eigenvalue weighted by molar-refractivity contribution is 9.10. The second-order valence-electron chi connectivity index (χ2n) is 8.25. The number of nitrogens with one attached hydrogen (secondary N) is 2. The number of carbonyl (C=O) groups is 2. The first kappa shape index (κ1) is 20.6. The average Bonchev–Trinajstić information content (AvgIpc) is 2.60. The number of amides is 2. The van der Waals surface area contributed by atoms with Gasteiger partial charge in [0.05, 0.1) is 0 Å². The molecule has 2 aromatic rings. The zero-order valence-electron chi connectivity index (χ0n) is 16.4. The predicted octanol–water partition coefficient (Wildman–Crippen LogP) is 5.02. The number of rotatable bonds is 3. The summed E-state index contributed by atoms with van der Waals surface area (Å²) in [4.78, 5) is 28.8. The summed E-state index contributed by atoms with van der Waals surface area (Å²) >= 11 is 3.46. The molecule has 1 fully saturated rings. The quantitative estimate of drug-likeness (QED) is 0.691. The van der Waals surface area contributed by atoms with Gasteiger partial charge in [0.25, 0.3) is 0 Å². The van der Waals surface area contributed by atoms with Gasteiger partial charge in [0.1, 0.15) is 11.4 Å². The lowest BCUT2D eigenvalue weighted by atomic mass is 9.85. The van der Waals surface area contributed by atoms with Crippen LogP contribution in [-0.2, 0) is 9.53 Å². The van der Waals surface area contributed by atoms with Crippen LogP contribution in [0, 0.1) is 5.92 Å². The van der Waals surface area contributed by atoms with E-state index in [1.54, 1.807) is 6.20 Å². The van der Waals surface area contributed by atoms with Gasteiger partial charge >= 0.3 is 6.09 Å². The van der Waals surface area contributed by atoms with Gasteiger partial charge in [-0.05, 0) is 70.0 Å². The molecule has 6 nitrogen and oxygen atoms in total. The third kappa shape index (κ3) is 5.67. The molecule has 0 radical (unpaired) electrons. The molecule has 1 aliphatic rings. The van der Waals surface area contributed by atoms with E-state index >= 15 is 0 Å². The Bertz CT molecular complexity index is 871. The lowest BCUT2D eigenvalue weighted by Gasteiger charge is -2.29. The van der Waals surface area contributed by atoms with Crippen molar-refractivity contribution in [1.29, 1.82) is 0 Å². The fourth-order valence-electron chi connectivity index (χ4n) is 3.38. The molecule has 0 saturated heterocycles. The van der Waals surface area contributed by atoms with Gasteiger partial charge in [0, 0.05) is 28.0 Å². The first-order chi connectivity index (χ1) is 13.2. The van der Waals surface area contributed by atoms with Crippen molar-refractivity contribution >= 4 is 44.5 Å². The van der Waals surface area contributed by atoms with Crippen molar-refractivity contribution < 1.29 is 14.3 Å². The van der Waals surface area contributed by atoms with Crippen LogP contribution >= 0.6 is 15.9 Å². The highest BCUT2D eigenvalue weighted by Crippen LogP contribution is 2.27. The highest BCUT2D eigenvalue weighted by atomic mass is 79.9. The van der Waals surface area contributed by atoms with Gasteiger partial charge in [-0.2, -0.15) is 0 Å². The van der Waals surface area contributed by atoms with Crippen LogP contribution in [-0.4, -0.2) is 28.6 Å². The van der Waals surface area contributed by atoms with E-state index in [-0.39, 0.29) is 17.9 Å². The normalized spacial score (nSPS) is 19.9. The van der Waals surface area contributed by atoms with E-state index in [9.17, 15) is 9.59 Å². The fourth-order valence-corrected chi connectivity index (χ4v) is 3.76. The molecule has 0 atom stereocenters. The lowest BCUT2D eigenvalue weighted by molar-refractivity contribution is -0.120. The Kier molecular flexibility index (Phi) is 6.23. The Labute approximate surface area is 173 Å². The Balaban J connectivity index is 1.52. The minimum Gasteiger partial charge on any atom is -0.444 e. The predicted molar refractivity (Wildman–Crippen MR) is 113 cm³/mol. The Morgan fingerprint density at radius 2 is 1.82 bits per heavy atom. The van der Waals surface area contributed by atoms with E-state index in [1.165, 1.54) is 0 Å². The number of halogens is 1. The van der Waals surface area contributed by atoms with Gasteiger partial charge in [-0.3, -0.25) is 4.79 Å². The molecule has 1 aliphatic carbocycles. The Morgan fingerprint density at radius 3 is 2.50 bits per heavy atom. The van der Waals surface area contributed by atoms with Gasteiger partial charge in [0.15, 0.2) is 0 Å². The lowest BCUT2D eigenvalue weighted by Crippen LogP contribution is -2.42. The van der Waals surface area contributed by atoms with E-state index in [4.69, 9.17) is 4.74 Å².